The van der Waals surface area contributed by atoms with E-state index in [-0.39, 0.29) is 0 Å². The summed E-state index contributed by atoms with van der Waals surface area (Å²) in [6, 6.07) is 15.7. The maximum atomic E-state index is 9.09. The molecule has 2 heterocycles. The van der Waals surface area contributed by atoms with Gasteiger partial charge in [0.2, 0.25) is 0 Å². The van der Waals surface area contributed by atoms with E-state index in [2.05, 4.69) is 32.1 Å². The lowest BCUT2D eigenvalue weighted by Crippen LogP contribution is -2.47. The summed E-state index contributed by atoms with van der Waals surface area (Å²) in [5.74, 6) is 1.04. The minimum atomic E-state index is 0.635. The maximum Gasteiger partial charge on any atom is 0.128 e. The van der Waals surface area contributed by atoms with Crippen LogP contribution in [0.1, 0.15) is 17.5 Å². The van der Waals surface area contributed by atoms with Crippen LogP contribution in [0.3, 0.4) is 0 Å². The highest BCUT2D eigenvalue weighted by atomic mass is 16.6. The fourth-order valence-electron chi connectivity index (χ4n) is 3.13. The Morgan fingerprint density at radius 2 is 2.04 bits per heavy atom. The first-order valence-corrected chi connectivity index (χ1v) is 8.79. The zero-order valence-electron chi connectivity index (χ0n) is 15.0. The zero-order valence-corrected chi connectivity index (χ0v) is 15.0. The third-order valence-electron chi connectivity index (χ3n) is 4.54. The minimum Gasteiger partial charge on any atom is -0.399 e. The van der Waals surface area contributed by atoms with Gasteiger partial charge in [0, 0.05) is 50.9 Å². The molecule has 0 aliphatic carbocycles. The topological polar surface area (TPSA) is 64.8 Å². The Bertz CT molecular complexity index is 776. The molecule has 1 aliphatic heterocycles. The summed E-state index contributed by atoms with van der Waals surface area (Å²) in [5, 5.41) is 13.3. The van der Waals surface area contributed by atoms with E-state index in [4.69, 9.17) is 10.1 Å². The van der Waals surface area contributed by atoms with E-state index in [0.29, 0.717) is 5.56 Å². The highest BCUT2D eigenvalue weighted by molar-refractivity contribution is 6.00. The summed E-state index contributed by atoms with van der Waals surface area (Å²) in [4.78, 5) is 14.2. The zero-order chi connectivity index (χ0) is 18.2. The molecule has 1 saturated heterocycles. The monoisotopic (exact) mass is 349 g/mol. The third kappa shape index (κ3) is 4.58. The summed E-state index contributed by atoms with van der Waals surface area (Å²) < 4.78 is 0. The predicted octanol–water partition coefficient (Wildman–Crippen LogP) is 2.52. The lowest BCUT2D eigenvalue weighted by molar-refractivity contribution is 0.211. The van der Waals surface area contributed by atoms with E-state index in [9.17, 15) is 0 Å². The minimum absolute atomic E-state index is 0.635. The molecule has 0 spiro atoms. The van der Waals surface area contributed by atoms with Gasteiger partial charge in [0.1, 0.15) is 12.9 Å². The molecular formula is C20H23N5O. The molecule has 26 heavy (non-hydrogen) atoms. The lowest BCUT2D eigenvalue weighted by atomic mass is 10.0. The van der Waals surface area contributed by atoms with E-state index in [1.165, 1.54) is 0 Å². The van der Waals surface area contributed by atoms with Crippen LogP contribution in [-0.2, 0) is 4.84 Å². The van der Waals surface area contributed by atoms with Crippen molar-refractivity contribution in [1.82, 2.24) is 9.88 Å². The molecule has 0 N–H and O–H groups in total. The van der Waals surface area contributed by atoms with Gasteiger partial charge in [-0.15, -0.1) is 0 Å². The number of rotatable bonds is 6. The molecule has 3 rings (SSSR count). The van der Waals surface area contributed by atoms with Crippen molar-refractivity contribution in [2.75, 3.05) is 44.7 Å². The highest BCUT2D eigenvalue weighted by Crippen LogP contribution is 2.14. The Hall–Kier alpha value is -2.91. The van der Waals surface area contributed by atoms with Crippen LogP contribution in [0.2, 0.25) is 0 Å². The molecule has 1 fully saturated rings. The van der Waals surface area contributed by atoms with Gasteiger partial charge in [-0.2, -0.15) is 5.26 Å². The van der Waals surface area contributed by atoms with Crippen molar-refractivity contribution in [3.63, 3.8) is 0 Å². The van der Waals surface area contributed by atoms with Gasteiger partial charge in [0.25, 0.3) is 0 Å². The first-order chi connectivity index (χ1) is 12.8. The molecule has 0 bridgehead atoms. The van der Waals surface area contributed by atoms with Crippen molar-refractivity contribution in [2.24, 2.45) is 5.16 Å². The van der Waals surface area contributed by atoms with Crippen LogP contribution in [0.4, 0.5) is 5.82 Å². The molecule has 1 aliphatic rings. The number of nitrogens with zero attached hydrogens (tertiary/aromatic N) is 5. The summed E-state index contributed by atoms with van der Waals surface area (Å²) in [6.45, 7) is 4.84. The van der Waals surface area contributed by atoms with Crippen molar-refractivity contribution in [2.45, 2.75) is 6.42 Å². The van der Waals surface area contributed by atoms with E-state index >= 15 is 0 Å². The number of hydrogen-bond donors (Lipinski definition) is 0. The highest BCUT2D eigenvalue weighted by Gasteiger charge is 2.18. The van der Waals surface area contributed by atoms with E-state index in [1.54, 1.807) is 13.2 Å². The Balaban J connectivity index is 1.56. The molecule has 6 heteroatoms. The van der Waals surface area contributed by atoms with Crippen molar-refractivity contribution in [3.05, 3.63) is 59.8 Å². The first kappa shape index (κ1) is 17.9. The van der Waals surface area contributed by atoms with Gasteiger partial charge >= 0.3 is 0 Å². The largest absolute Gasteiger partial charge is 0.399 e. The van der Waals surface area contributed by atoms with Gasteiger partial charge in [-0.25, -0.2) is 4.98 Å². The van der Waals surface area contributed by atoms with Crippen LogP contribution in [0.5, 0.6) is 0 Å². The number of benzene rings is 1. The van der Waals surface area contributed by atoms with Crippen LogP contribution in [0, 0.1) is 11.3 Å². The maximum absolute atomic E-state index is 9.09. The van der Waals surface area contributed by atoms with Crippen LogP contribution in [0.25, 0.3) is 0 Å². The van der Waals surface area contributed by atoms with Crippen LogP contribution >= 0.6 is 0 Å². The Labute approximate surface area is 154 Å². The summed E-state index contributed by atoms with van der Waals surface area (Å²) in [5.41, 5.74) is 2.45. The SMILES string of the molecule is CO/N=C(\CCN1CCN(c2ccccn2)CC1)c1cccc(C#N)c1. The second kappa shape index (κ2) is 8.97. The Morgan fingerprint density at radius 3 is 2.73 bits per heavy atom. The smallest absolute Gasteiger partial charge is 0.128 e. The lowest BCUT2D eigenvalue weighted by Gasteiger charge is -2.35. The first-order valence-electron chi connectivity index (χ1n) is 8.79. The van der Waals surface area contributed by atoms with Crippen molar-refractivity contribution >= 4 is 11.5 Å². The van der Waals surface area contributed by atoms with Gasteiger partial charge in [-0.1, -0.05) is 23.4 Å². The summed E-state index contributed by atoms with van der Waals surface area (Å²) in [6.07, 6.45) is 2.62. The van der Waals surface area contributed by atoms with Gasteiger partial charge in [0.05, 0.1) is 17.3 Å². The molecule has 0 radical (unpaired) electrons. The van der Waals surface area contributed by atoms with Crippen molar-refractivity contribution in [1.29, 1.82) is 5.26 Å². The van der Waals surface area contributed by atoms with Crippen LogP contribution < -0.4 is 4.90 Å². The average Bonchev–Trinajstić information content (AvgIpc) is 2.72. The van der Waals surface area contributed by atoms with Crippen molar-refractivity contribution in [3.8, 4) is 6.07 Å². The van der Waals surface area contributed by atoms with Crippen LogP contribution in [0.15, 0.2) is 53.8 Å². The number of pyridine rings is 1. The Morgan fingerprint density at radius 1 is 1.19 bits per heavy atom. The normalized spacial score (nSPS) is 15.5. The quantitative estimate of drug-likeness (QED) is 0.592. The number of hydrogen-bond acceptors (Lipinski definition) is 6. The summed E-state index contributed by atoms with van der Waals surface area (Å²) in [7, 11) is 1.56. The molecule has 0 amide bonds. The van der Waals surface area contributed by atoms with Gasteiger partial charge in [-0.3, -0.25) is 4.90 Å². The molecular weight excluding hydrogens is 326 g/mol. The molecule has 0 saturated carbocycles. The second-order valence-corrected chi connectivity index (χ2v) is 6.18. The second-order valence-electron chi connectivity index (χ2n) is 6.18. The molecule has 0 unspecified atom stereocenters. The van der Waals surface area contributed by atoms with E-state index in [0.717, 1.165) is 56.2 Å². The van der Waals surface area contributed by atoms with Gasteiger partial charge in [0.15, 0.2) is 0 Å². The molecule has 1 aromatic heterocycles. The number of anilines is 1. The molecule has 0 atom stereocenters. The fraction of sp³-hybridized carbons (Fsp3) is 0.350. The number of oxime groups is 1. The predicted molar refractivity (Wildman–Crippen MR) is 102 cm³/mol. The van der Waals surface area contributed by atoms with Gasteiger partial charge < -0.3 is 9.74 Å². The summed E-state index contributed by atoms with van der Waals surface area (Å²) >= 11 is 0. The van der Waals surface area contributed by atoms with E-state index < -0.39 is 0 Å². The molecule has 134 valence electrons. The fourth-order valence-corrected chi connectivity index (χ4v) is 3.13. The van der Waals surface area contributed by atoms with E-state index in [1.807, 2.05) is 36.5 Å². The van der Waals surface area contributed by atoms with Crippen molar-refractivity contribution < 1.29 is 4.84 Å². The number of aromatic nitrogens is 1. The molecule has 6 nitrogen and oxygen atoms in total. The number of nitriles is 1. The Kier molecular flexibility index (Phi) is 6.18. The standard InChI is InChI=1S/C20H23N5O/c1-26-23-19(18-6-4-5-17(15-18)16-21)8-10-24-11-13-25(14-12-24)20-7-2-3-9-22-20/h2-7,9,15H,8,10-14H2,1H3/b23-19+. The molecule has 1 aromatic carbocycles. The molecule has 2 aromatic rings. The van der Waals surface area contributed by atoms with Crippen LogP contribution in [-0.4, -0.2) is 55.4 Å². The third-order valence-corrected chi connectivity index (χ3v) is 4.54. The van der Waals surface area contributed by atoms with Gasteiger partial charge in [-0.05, 0) is 24.3 Å². The average molecular weight is 349 g/mol. The number of piperazine rings is 1.